The Labute approximate surface area is 250 Å². The van der Waals surface area contributed by atoms with E-state index in [0.717, 1.165) is 5.56 Å². The first kappa shape index (κ1) is 36.5. The number of carbonyl (C=O) groups is 6. The third-order valence-electron chi connectivity index (χ3n) is 6.50. The largest absolute Gasteiger partial charge is 0.481 e. The molecule has 43 heavy (non-hydrogen) atoms. The van der Waals surface area contributed by atoms with Crippen molar-refractivity contribution in [1.82, 2.24) is 16.0 Å². The van der Waals surface area contributed by atoms with Crippen molar-refractivity contribution in [3.8, 4) is 0 Å². The molecule has 15 nitrogen and oxygen atoms in total. The number of nitrogens with one attached hydrogen (secondary N) is 3. The van der Waals surface area contributed by atoms with E-state index < -0.39 is 77.9 Å². The van der Waals surface area contributed by atoms with Crippen molar-refractivity contribution in [1.29, 1.82) is 0 Å². The topological polar surface area (TPSA) is 269 Å². The van der Waals surface area contributed by atoms with Gasteiger partial charge in [0.1, 0.15) is 12.1 Å². The van der Waals surface area contributed by atoms with Crippen LogP contribution in [0.2, 0.25) is 0 Å². The molecule has 0 heterocycles. The number of nitrogens with two attached hydrogens (primary N) is 3. The maximum Gasteiger partial charge on any atom is 0.307 e. The van der Waals surface area contributed by atoms with Gasteiger partial charge in [0.15, 0.2) is 11.7 Å². The molecule has 1 aromatic rings. The van der Waals surface area contributed by atoms with Crippen LogP contribution >= 0.6 is 0 Å². The Balaban J connectivity index is 2.88. The van der Waals surface area contributed by atoms with Gasteiger partial charge in [-0.15, -0.1) is 0 Å². The van der Waals surface area contributed by atoms with Gasteiger partial charge in [0.05, 0.1) is 24.4 Å². The summed E-state index contributed by atoms with van der Waals surface area (Å²) in [6, 6.07) is 3.88. The van der Waals surface area contributed by atoms with Crippen LogP contribution in [-0.2, 0) is 35.2 Å². The fourth-order valence-electron chi connectivity index (χ4n) is 4.11. The van der Waals surface area contributed by atoms with Crippen molar-refractivity contribution < 1.29 is 39.0 Å². The summed E-state index contributed by atoms with van der Waals surface area (Å²) in [5, 5.41) is 26.2. The lowest BCUT2D eigenvalue weighted by atomic mass is 9.89. The first-order valence-corrected chi connectivity index (χ1v) is 13.9. The highest BCUT2D eigenvalue weighted by atomic mass is 16.4. The fourth-order valence-corrected chi connectivity index (χ4v) is 4.11. The van der Waals surface area contributed by atoms with E-state index in [-0.39, 0.29) is 31.8 Å². The molecule has 1 aromatic carbocycles. The molecule has 1 rings (SSSR count). The molecule has 0 bridgehead atoms. The zero-order chi connectivity index (χ0) is 32.7. The maximum absolute atomic E-state index is 13.2. The van der Waals surface area contributed by atoms with E-state index in [2.05, 4.69) is 20.9 Å². The van der Waals surface area contributed by atoms with Crippen LogP contribution in [-0.4, -0.2) is 82.3 Å². The second-order valence-corrected chi connectivity index (χ2v) is 10.6. The number of ketones is 1. The first-order chi connectivity index (χ1) is 20.1. The summed E-state index contributed by atoms with van der Waals surface area (Å²) in [6.07, 6.45) is -0.462. The Morgan fingerprint density at radius 2 is 1.49 bits per heavy atom. The molecule has 1 unspecified atom stereocenters. The third kappa shape index (κ3) is 13.8. The summed E-state index contributed by atoms with van der Waals surface area (Å²) in [5.41, 5.74) is 17.0. The van der Waals surface area contributed by atoms with E-state index in [1.54, 1.807) is 44.2 Å². The van der Waals surface area contributed by atoms with E-state index in [4.69, 9.17) is 17.2 Å². The molecule has 15 heteroatoms. The predicted octanol–water partition coefficient (Wildman–Crippen LogP) is -1.12. The summed E-state index contributed by atoms with van der Waals surface area (Å²) in [6.45, 7) is 4.86. The smallest absolute Gasteiger partial charge is 0.307 e. The van der Waals surface area contributed by atoms with Gasteiger partial charge in [-0.1, -0.05) is 44.2 Å². The molecule has 0 saturated heterocycles. The number of hydrogen-bond acceptors (Lipinski definition) is 8. The van der Waals surface area contributed by atoms with Crippen molar-refractivity contribution in [2.45, 2.75) is 77.0 Å². The van der Waals surface area contributed by atoms with E-state index in [1.165, 1.54) is 6.92 Å². The van der Waals surface area contributed by atoms with Gasteiger partial charge in [-0.25, -0.2) is 0 Å². The normalized spacial score (nSPS) is 14.3. The summed E-state index contributed by atoms with van der Waals surface area (Å²) in [4.78, 5) is 78.5. The predicted molar refractivity (Wildman–Crippen MR) is 157 cm³/mol. The van der Waals surface area contributed by atoms with Crippen LogP contribution in [0.5, 0.6) is 0 Å². The lowest BCUT2D eigenvalue weighted by molar-refractivity contribution is -0.144. The number of carboxylic acid groups (broad SMARTS) is 2. The van der Waals surface area contributed by atoms with Crippen molar-refractivity contribution in [3.05, 3.63) is 35.9 Å². The van der Waals surface area contributed by atoms with Crippen molar-refractivity contribution >= 4 is 41.4 Å². The Morgan fingerprint density at radius 1 is 0.860 bits per heavy atom. The molecule has 0 aliphatic rings. The standard InChI is InChI=1S/C28H43N7O8/c1-15(2)23(21(36)13-18(27(42)43)12-17-8-5-4-6-9-17)35-26(41)20(14-22(37)38)34-24(39)16(3)33-25(40)19(29)10-7-11-32-28(30)31/h4-6,8-9,15-16,18-20,23H,7,10-14,29H2,1-3H3,(H,33,40)(H,34,39)(H,35,41)(H,37,38)(H,42,43)(H4,30,31,32)/t16-,18?,19-,20-,23-/m0/s1. The number of nitrogens with zero attached hydrogens (tertiary/aromatic N) is 1. The highest BCUT2D eigenvalue weighted by molar-refractivity contribution is 5.97. The summed E-state index contributed by atoms with van der Waals surface area (Å²) < 4.78 is 0. The van der Waals surface area contributed by atoms with Crippen LogP contribution in [0.1, 0.15) is 52.0 Å². The molecular weight excluding hydrogens is 562 g/mol. The quantitative estimate of drug-likeness (QED) is 0.0531. The Morgan fingerprint density at radius 3 is 2.02 bits per heavy atom. The average Bonchev–Trinajstić information content (AvgIpc) is 2.92. The van der Waals surface area contributed by atoms with Crippen LogP contribution in [0.3, 0.4) is 0 Å². The van der Waals surface area contributed by atoms with E-state index in [1.807, 2.05) is 0 Å². The molecule has 0 aromatic heterocycles. The second kappa shape index (κ2) is 18.1. The van der Waals surface area contributed by atoms with Crippen molar-refractivity contribution in [2.75, 3.05) is 6.54 Å². The highest BCUT2D eigenvalue weighted by Crippen LogP contribution is 2.17. The van der Waals surface area contributed by atoms with Crippen LogP contribution in [0.15, 0.2) is 35.3 Å². The summed E-state index contributed by atoms with van der Waals surface area (Å²) in [5.74, 6) is -7.22. The number of hydrogen-bond donors (Lipinski definition) is 8. The molecular formula is C28H43N7O8. The number of aliphatic carboxylic acids is 2. The zero-order valence-corrected chi connectivity index (χ0v) is 24.6. The monoisotopic (exact) mass is 605 g/mol. The molecule has 0 aliphatic carbocycles. The second-order valence-electron chi connectivity index (χ2n) is 10.6. The fraction of sp³-hybridized carbons (Fsp3) is 0.536. The third-order valence-corrected chi connectivity index (χ3v) is 6.50. The van der Waals surface area contributed by atoms with Crippen LogP contribution in [0.4, 0.5) is 0 Å². The van der Waals surface area contributed by atoms with Crippen LogP contribution < -0.4 is 33.2 Å². The van der Waals surface area contributed by atoms with Crippen molar-refractivity contribution in [3.63, 3.8) is 0 Å². The molecule has 3 amide bonds. The SMILES string of the molecule is CC(C)[C@H](NC(=O)[C@H](CC(=O)O)NC(=O)[C@H](C)NC(=O)[C@@H](N)CCCN=C(N)N)C(=O)CC(Cc1ccccc1)C(=O)O. The minimum absolute atomic E-state index is 0.0973. The van der Waals surface area contributed by atoms with Gasteiger partial charge in [-0.2, -0.15) is 0 Å². The van der Waals surface area contributed by atoms with Crippen molar-refractivity contribution in [2.24, 2.45) is 34.0 Å². The number of rotatable bonds is 19. The molecule has 5 atom stereocenters. The first-order valence-electron chi connectivity index (χ1n) is 13.9. The van der Waals surface area contributed by atoms with Gasteiger partial charge in [0.25, 0.3) is 0 Å². The lowest BCUT2D eigenvalue weighted by Gasteiger charge is -2.26. The Bertz CT molecular complexity index is 1160. The average molecular weight is 606 g/mol. The highest BCUT2D eigenvalue weighted by Gasteiger charge is 2.33. The Hall–Kier alpha value is -4.53. The van der Waals surface area contributed by atoms with Gasteiger partial charge in [-0.3, -0.25) is 33.8 Å². The number of Topliss-reactive ketones (excluding diaryl/α,β-unsaturated/α-hetero) is 1. The molecule has 0 aliphatic heterocycles. The van der Waals surface area contributed by atoms with Crippen LogP contribution in [0, 0.1) is 11.8 Å². The van der Waals surface area contributed by atoms with E-state index in [9.17, 15) is 39.0 Å². The van der Waals surface area contributed by atoms with Gasteiger partial charge >= 0.3 is 11.9 Å². The minimum atomic E-state index is -1.59. The van der Waals surface area contributed by atoms with Gasteiger partial charge in [0.2, 0.25) is 17.7 Å². The van der Waals surface area contributed by atoms with E-state index >= 15 is 0 Å². The number of aliphatic imine (C=N–C) groups is 1. The Kier molecular flexibility index (Phi) is 15.4. The maximum atomic E-state index is 13.2. The molecule has 238 valence electrons. The van der Waals surface area contributed by atoms with Gasteiger partial charge in [0, 0.05) is 13.0 Å². The number of carboxylic acids is 2. The number of guanidine groups is 1. The molecule has 0 saturated carbocycles. The lowest BCUT2D eigenvalue weighted by Crippen LogP contribution is -2.57. The summed E-state index contributed by atoms with van der Waals surface area (Å²) >= 11 is 0. The molecule has 11 N–H and O–H groups in total. The minimum Gasteiger partial charge on any atom is -0.481 e. The van der Waals surface area contributed by atoms with Gasteiger partial charge in [-0.05, 0) is 37.7 Å². The van der Waals surface area contributed by atoms with Crippen LogP contribution in [0.25, 0.3) is 0 Å². The van der Waals surface area contributed by atoms with E-state index in [0.29, 0.717) is 6.42 Å². The molecule has 0 fully saturated rings. The molecule has 0 radical (unpaired) electrons. The number of amides is 3. The molecule has 0 spiro atoms. The summed E-state index contributed by atoms with van der Waals surface area (Å²) in [7, 11) is 0. The number of carbonyl (C=O) groups excluding carboxylic acids is 4. The number of benzene rings is 1. The van der Waals surface area contributed by atoms with Gasteiger partial charge < -0.3 is 43.4 Å². The zero-order valence-electron chi connectivity index (χ0n) is 24.6.